The van der Waals surface area contributed by atoms with Gasteiger partial charge in [0.25, 0.3) is 0 Å². The van der Waals surface area contributed by atoms with E-state index in [1.54, 1.807) is 6.20 Å². The molecule has 118 valence electrons. The normalized spacial score (nSPS) is 22.8. The molecule has 2 aliphatic rings. The first-order valence-corrected chi connectivity index (χ1v) is 8.01. The molecule has 4 heteroatoms. The van der Waals surface area contributed by atoms with E-state index >= 15 is 0 Å². The smallest absolute Gasteiger partial charge is 0.108 e. The van der Waals surface area contributed by atoms with E-state index in [-0.39, 0.29) is 0 Å². The molecule has 0 bridgehead atoms. The molecular weight excluding hydrogens is 272 g/mol. The van der Waals surface area contributed by atoms with Crippen molar-refractivity contribution in [1.82, 2.24) is 9.80 Å². The highest BCUT2D eigenvalue weighted by Crippen LogP contribution is 2.43. The van der Waals surface area contributed by atoms with E-state index in [1.165, 1.54) is 36.2 Å². The SMILES string of the molecule is CC1=C(c2ccc(C)c(N)c2)N(C)C(C2CCC2)N1/C=C\N. The maximum absolute atomic E-state index is 6.12. The van der Waals surface area contributed by atoms with E-state index in [1.807, 2.05) is 13.1 Å². The Morgan fingerprint density at radius 3 is 2.50 bits per heavy atom. The fourth-order valence-corrected chi connectivity index (χ4v) is 3.67. The van der Waals surface area contributed by atoms with Crippen LogP contribution in [0, 0.1) is 12.8 Å². The molecule has 0 amide bonds. The average molecular weight is 298 g/mol. The molecule has 1 aromatic carbocycles. The summed E-state index contributed by atoms with van der Waals surface area (Å²) in [6, 6.07) is 6.34. The van der Waals surface area contributed by atoms with Crippen molar-refractivity contribution in [2.24, 2.45) is 11.7 Å². The van der Waals surface area contributed by atoms with E-state index in [2.05, 4.69) is 42.0 Å². The maximum Gasteiger partial charge on any atom is 0.108 e. The molecule has 4 nitrogen and oxygen atoms in total. The fourth-order valence-electron chi connectivity index (χ4n) is 3.67. The summed E-state index contributed by atoms with van der Waals surface area (Å²) in [5.41, 5.74) is 17.4. The van der Waals surface area contributed by atoms with Gasteiger partial charge in [0.1, 0.15) is 6.17 Å². The van der Waals surface area contributed by atoms with Gasteiger partial charge in [-0.15, -0.1) is 0 Å². The van der Waals surface area contributed by atoms with Gasteiger partial charge >= 0.3 is 0 Å². The minimum absolute atomic E-state index is 0.367. The lowest BCUT2D eigenvalue weighted by Crippen LogP contribution is -2.44. The third-order valence-corrected chi connectivity index (χ3v) is 5.14. The quantitative estimate of drug-likeness (QED) is 0.842. The van der Waals surface area contributed by atoms with Crippen LogP contribution >= 0.6 is 0 Å². The van der Waals surface area contributed by atoms with Crippen LogP contribution in [0.3, 0.4) is 0 Å². The van der Waals surface area contributed by atoms with Crippen LogP contribution in [0.5, 0.6) is 0 Å². The number of nitrogens with two attached hydrogens (primary N) is 2. The van der Waals surface area contributed by atoms with Gasteiger partial charge in [-0.25, -0.2) is 0 Å². The van der Waals surface area contributed by atoms with Crippen LogP contribution in [0.25, 0.3) is 5.70 Å². The Hall–Kier alpha value is -2.10. The molecule has 1 aromatic rings. The highest BCUT2D eigenvalue weighted by atomic mass is 15.4. The van der Waals surface area contributed by atoms with E-state index in [9.17, 15) is 0 Å². The van der Waals surface area contributed by atoms with Gasteiger partial charge in [-0.05, 0) is 44.2 Å². The third-order valence-electron chi connectivity index (χ3n) is 5.14. The molecular formula is C18H26N4. The number of aryl methyl sites for hydroxylation is 1. The minimum Gasteiger partial charge on any atom is -0.403 e. The Kier molecular flexibility index (Phi) is 3.77. The molecule has 1 atom stereocenters. The predicted molar refractivity (Wildman–Crippen MR) is 92.2 cm³/mol. The van der Waals surface area contributed by atoms with Gasteiger partial charge in [-0.1, -0.05) is 18.6 Å². The Balaban J connectivity index is 2.02. The monoisotopic (exact) mass is 298 g/mol. The molecule has 3 rings (SSSR count). The summed E-state index contributed by atoms with van der Waals surface area (Å²) in [5, 5.41) is 0. The van der Waals surface area contributed by atoms with Crippen LogP contribution in [0.4, 0.5) is 5.69 Å². The number of rotatable bonds is 3. The van der Waals surface area contributed by atoms with Crippen LogP contribution in [0.1, 0.15) is 37.3 Å². The standard InChI is InChI=1S/C18H26N4/c1-12-7-8-15(11-16(12)20)17-13(2)22(10-9-19)18(21(17)3)14-5-4-6-14/h7-11,14,18H,4-6,19-20H2,1-3H3/b10-9-. The minimum atomic E-state index is 0.367. The first-order chi connectivity index (χ1) is 10.5. The van der Waals surface area contributed by atoms with Crippen LogP contribution in [-0.4, -0.2) is 23.0 Å². The van der Waals surface area contributed by atoms with Gasteiger partial charge in [0.05, 0.1) is 5.70 Å². The largest absolute Gasteiger partial charge is 0.403 e. The van der Waals surface area contributed by atoms with Crippen molar-refractivity contribution in [3.05, 3.63) is 47.4 Å². The zero-order chi connectivity index (χ0) is 15.9. The van der Waals surface area contributed by atoms with Crippen molar-refractivity contribution in [2.45, 2.75) is 39.3 Å². The van der Waals surface area contributed by atoms with Gasteiger partial charge < -0.3 is 21.3 Å². The van der Waals surface area contributed by atoms with E-state index < -0.39 is 0 Å². The summed E-state index contributed by atoms with van der Waals surface area (Å²) in [5.74, 6) is 0.705. The zero-order valence-corrected chi connectivity index (χ0v) is 13.7. The van der Waals surface area contributed by atoms with Gasteiger partial charge in [-0.3, -0.25) is 0 Å². The summed E-state index contributed by atoms with van der Waals surface area (Å²) in [7, 11) is 2.18. The van der Waals surface area contributed by atoms with Gasteiger partial charge in [0.2, 0.25) is 0 Å². The molecule has 0 aromatic heterocycles. The van der Waals surface area contributed by atoms with Crippen molar-refractivity contribution in [2.75, 3.05) is 12.8 Å². The molecule has 22 heavy (non-hydrogen) atoms. The summed E-state index contributed by atoms with van der Waals surface area (Å²) in [4.78, 5) is 4.71. The van der Waals surface area contributed by atoms with Crippen LogP contribution in [0.2, 0.25) is 0 Å². The second kappa shape index (κ2) is 5.59. The van der Waals surface area contributed by atoms with E-state index in [0.29, 0.717) is 12.1 Å². The number of benzene rings is 1. The number of nitrogens with zero attached hydrogens (tertiary/aromatic N) is 2. The first-order valence-electron chi connectivity index (χ1n) is 8.01. The van der Waals surface area contributed by atoms with E-state index in [0.717, 1.165) is 11.3 Å². The average Bonchev–Trinajstić information content (AvgIpc) is 2.65. The molecule has 1 saturated carbocycles. The summed E-state index contributed by atoms with van der Waals surface area (Å²) in [6.45, 7) is 4.21. The van der Waals surface area contributed by atoms with Crippen molar-refractivity contribution >= 4 is 11.4 Å². The number of anilines is 1. The lowest BCUT2D eigenvalue weighted by Gasteiger charge is -2.41. The summed E-state index contributed by atoms with van der Waals surface area (Å²) >= 11 is 0. The van der Waals surface area contributed by atoms with Crippen LogP contribution in [0.15, 0.2) is 36.3 Å². The third kappa shape index (κ3) is 2.23. The molecule has 1 heterocycles. The Morgan fingerprint density at radius 2 is 1.95 bits per heavy atom. The zero-order valence-electron chi connectivity index (χ0n) is 13.7. The molecule has 0 radical (unpaired) electrons. The lowest BCUT2D eigenvalue weighted by atomic mass is 9.82. The highest BCUT2D eigenvalue weighted by Gasteiger charge is 2.40. The molecule has 0 spiro atoms. The van der Waals surface area contributed by atoms with E-state index in [4.69, 9.17) is 11.5 Å². The van der Waals surface area contributed by atoms with Gasteiger partial charge in [0.15, 0.2) is 0 Å². The molecule has 1 fully saturated rings. The Morgan fingerprint density at radius 1 is 1.23 bits per heavy atom. The number of nitrogen functional groups attached to an aromatic ring is 1. The highest BCUT2D eigenvalue weighted by molar-refractivity contribution is 5.72. The molecule has 0 saturated heterocycles. The lowest BCUT2D eigenvalue weighted by molar-refractivity contribution is 0.0902. The molecule has 1 aliphatic heterocycles. The predicted octanol–water partition coefficient (Wildman–Crippen LogP) is 3.07. The number of hydrogen-bond acceptors (Lipinski definition) is 4. The Bertz CT molecular complexity index is 628. The van der Waals surface area contributed by atoms with Crippen LogP contribution in [-0.2, 0) is 0 Å². The number of allylic oxidation sites excluding steroid dienone is 1. The summed E-state index contributed by atoms with van der Waals surface area (Å²) < 4.78 is 0. The fraction of sp³-hybridized carbons (Fsp3) is 0.444. The van der Waals surface area contributed by atoms with Crippen molar-refractivity contribution in [1.29, 1.82) is 0 Å². The van der Waals surface area contributed by atoms with Crippen molar-refractivity contribution < 1.29 is 0 Å². The van der Waals surface area contributed by atoms with Crippen LogP contribution < -0.4 is 11.5 Å². The summed E-state index contributed by atoms with van der Waals surface area (Å²) in [6.07, 6.45) is 7.92. The topological polar surface area (TPSA) is 58.5 Å². The van der Waals surface area contributed by atoms with Gasteiger partial charge in [0, 0.05) is 36.4 Å². The second-order valence-corrected chi connectivity index (χ2v) is 6.47. The molecule has 1 aliphatic carbocycles. The van der Waals surface area contributed by atoms with Crippen molar-refractivity contribution in [3.8, 4) is 0 Å². The Labute approximate surface area is 133 Å². The molecule has 4 N–H and O–H groups in total. The molecule has 1 unspecified atom stereocenters. The van der Waals surface area contributed by atoms with Gasteiger partial charge in [-0.2, -0.15) is 0 Å². The number of hydrogen-bond donors (Lipinski definition) is 2. The first kappa shape index (κ1) is 14.8. The second-order valence-electron chi connectivity index (χ2n) is 6.47. The maximum atomic E-state index is 6.12. The van der Waals surface area contributed by atoms with Crippen molar-refractivity contribution in [3.63, 3.8) is 0 Å².